The van der Waals surface area contributed by atoms with Gasteiger partial charge in [-0.2, -0.15) is 0 Å². The van der Waals surface area contributed by atoms with E-state index in [4.69, 9.17) is 16.9 Å². The van der Waals surface area contributed by atoms with Crippen molar-refractivity contribution in [2.45, 2.75) is 25.8 Å². The molecule has 0 saturated carbocycles. The second-order valence-electron chi connectivity index (χ2n) is 3.21. The Morgan fingerprint density at radius 1 is 1.69 bits per heavy atom. The molecule has 4 nitrogen and oxygen atoms in total. The highest BCUT2D eigenvalue weighted by molar-refractivity contribution is 6.36. The maximum atomic E-state index is 11.0. The monoisotopic (exact) mass is 183 g/mol. The zero-order valence-electron chi connectivity index (χ0n) is 7.92. The average molecular weight is 183 g/mol. The number of Topliss-reactive ketones (excluding diaryl/α,β-unsaturated/α-hetero) is 1. The zero-order valence-corrected chi connectivity index (χ0v) is 7.92. The van der Waals surface area contributed by atoms with Gasteiger partial charge >= 0.3 is 0 Å². The van der Waals surface area contributed by atoms with E-state index in [9.17, 15) is 4.79 Å². The Balaban J connectivity index is 3.98. The number of amidine groups is 1. The molecule has 2 atom stereocenters. The number of carbonyl (C=O) groups excluding carboxylic acids is 1. The molecule has 5 N–H and O–H groups in total. The lowest BCUT2D eigenvalue weighted by atomic mass is 9.94. The van der Waals surface area contributed by atoms with E-state index in [1.165, 1.54) is 0 Å². The van der Waals surface area contributed by atoms with Crippen LogP contribution in [0.15, 0.2) is 12.7 Å². The third-order valence-corrected chi connectivity index (χ3v) is 1.98. The van der Waals surface area contributed by atoms with Gasteiger partial charge in [0.05, 0.1) is 0 Å². The van der Waals surface area contributed by atoms with Crippen molar-refractivity contribution in [2.75, 3.05) is 0 Å². The first-order valence-electron chi connectivity index (χ1n) is 4.22. The summed E-state index contributed by atoms with van der Waals surface area (Å²) in [4.78, 5) is 11.0. The van der Waals surface area contributed by atoms with Crippen LogP contribution in [0.1, 0.15) is 19.8 Å². The molecular formula is C9H17N3O. The summed E-state index contributed by atoms with van der Waals surface area (Å²) in [6.07, 6.45) is 2.64. The van der Waals surface area contributed by atoms with Crippen molar-refractivity contribution in [1.82, 2.24) is 0 Å². The number of hydrogen-bond donors (Lipinski definition) is 3. The lowest BCUT2D eigenvalue weighted by Crippen LogP contribution is -2.32. The molecule has 13 heavy (non-hydrogen) atoms. The van der Waals surface area contributed by atoms with Crippen LogP contribution in [0.4, 0.5) is 0 Å². The number of nitrogens with two attached hydrogens (primary N) is 2. The molecule has 0 radical (unpaired) electrons. The maximum Gasteiger partial charge on any atom is 0.197 e. The number of hydrogen-bond acceptors (Lipinski definition) is 3. The van der Waals surface area contributed by atoms with Crippen molar-refractivity contribution in [3.63, 3.8) is 0 Å². The van der Waals surface area contributed by atoms with Gasteiger partial charge in [0.1, 0.15) is 0 Å². The summed E-state index contributed by atoms with van der Waals surface area (Å²) in [6.45, 7) is 5.44. The van der Waals surface area contributed by atoms with Crippen LogP contribution in [0.2, 0.25) is 0 Å². The van der Waals surface area contributed by atoms with Gasteiger partial charge in [0, 0.05) is 12.5 Å². The lowest BCUT2D eigenvalue weighted by molar-refractivity contribution is -0.114. The molecule has 0 spiro atoms. The third kappa shape index (κ3) is 4.42. The predicted octanol–water partition coefficient (Wildman–Crippen LogP) is 0.421. The van der Waals surface area contributed by atoms with Crippen LogP contribution in [0.5, 0.6) is 0 Å². The molecule has 0 saturated heterocycles. The van der Waals surface area contributed by atoms with Crippen LogP contribution >= 0.6 is 0 Å². The van der Waals surface area contributed by atoms with E-state index in [1.54, 1.807) is 6.08 Å². The molecule has 0 aliphatic heterocycles. The number of carbonyl (C=O) groups is 1. The molecule has 0 aromatic carbocycles. The Morgan fingerprint density at radius 3 is 2.62 bits per heavy atom. The first kappa shape index (κ1) is 11.8. The van der Waals surface area contributed by atoms with Crippen LogP contribution in [-0.2, 0) is 4.79 Å². The van der Waals surface area contributed by atoms with E-state index in [1.807, 2.05) is 6.92 Å². The van der Waals surface area contributed by atoms with E-state index in [-0.39, 0.29) is 24.2 Å². The molecule has 0 aromatic heterocycles. The van der Waals surface area contributed by atoms with E-state index in [0.29, 0.717) is 6.42 Å². The molecule has 0 fully saturated rings. The van der Waals surface area contributed by atoms with Crippen molar-refractivity contribution in [3.05, 3.63) is 12.7 Å². The normalized spacial score (nSPS) is 14.6. The molecule has 0 aliphatic carbocycles. The Morgan fingerprint density at radius 2 is 2.23 bits per heavy atom. The van der Waals surface area contributed by atoms with E-state index in [0.717, 1.165) is 0 Å². The lowest BCUT2D eigenvalue weighted by Gasteiger charge is -2.16. The first-order chi connectivity index (χ1) is 5.99. The number of rotatable bonds is 6. The quantitative estimate of drug-likeness (QED) is 0.316. The van der Waals surface area contributed by atoms with Crippen LogP contribution < -0.4 is 11.5 Å². The van der Waals surface area contributed by atoms with Crippen LogP contribution in [0.25, 0.3) is 0 Å². The predicted molar refractivity (Wildman–Crippen MR) is 53.5 cm³/mol. The fourth-order valence-corrected chi connectivity index (χ4v) is 0.979. The van der Waals surface area contributed by atoms with Crippen molar-refractivity contribution < 1.29 is 4.79 Å². The van der Waals surface area contributed by atoms with Crippen LogP contribution in [0, 0.1) is 11.3 Å². The largest absolute Gasteiger partial charge is 0.381 e. The summed E-state index contributed by atoms with van der Waals surface area (Å²) in [5.74, 6) is -0.695. The van der Waals surface area contributed by atoms with Gasteiger partial charge in [-0.05, 0) is 12.3 Å². The van der Waals surface area contributed by atoms with E-state index < -0.39 is 5.84 Å². The first-order valence-corrected chi connectivity index (χ1v) is 4.22. The van der Waals surface area contributed by atoms with Gasteiger partial charge in [0.15, 0.2) is 11.6 Å². The van der Waals surface area contributed by atoms with E-state index in [2.05, 4.69) is 6.58 Å². The van der Waals surface area contributed by atoms with Crippen molar-refractivity contribution in [1.29, 1.82) is 5.41 Å². The second kappa shape index (κ2) is 5.48. The number of ketones is 1. The molecule has 0 amide bonds. The molecule has 0 bridgehead atoms. The molecule has 74 valence electrons. The van der Waals surface area contributed by atoms with E-state index >= 15 is 0 Å². The SMILES string of the molecule is C=CC[C@@H](N)C(C)CC(=O)C(=N)N. The maximum absolute atomic E-state index is 11.0. The third-order valence-electron chi connectivity index (χ3n) is 1.98. The Hall–Kier alpha value is -1.16. The second-order valence-corrected chi connectivity index (χ2v) is 3.21. The van der Waals surface area contributed by atoms with Crippen molar-refractivity contribution in [3.8, 4) is 0 Å². The van der Waals surface area contributed by atoms with Gasteiger partial charge in [-0.1, -0.05) is 13.0 Å². The Labute approximate surface area is 78.5 Å². The highest BCUT2D eigenvalue weighted by atomic mass is 16.1. The van der Waals surface area contributed by atoms with Gasteiger partial charge in [0.2, 0.25) is 0 Å². The minimum absolute atomic E-state index is 0.0365. The summed E-state index contributed by atoms with van der Waals surface area (Å²) < 4.78 is 0. The highest BCUT2D eigenvalue weighted by Gasteiger charge is 2.16. The molecular weight excluding hydrogens is 166 g/mol. The summed E-state index contributed by atoms with van der Waals surface area (Å²) in [5.41, 5.74) is 10.8. The fourth-order valence-electron chi connectivity index (χ4n) is 0.979. The summed E-state index contributed by atoms with van der Waals surface area (Å²) in [7, 11) is 0. The molecule has 1 unspecified atom stereocenters. The smallest absolute Gasteiger partial charge is 0.197 e. The fraction of sp³-hybridized carbons (Fsp3) is 0.556. The van der Waals surface area contributed by atoms with Crippen LogP contribution in [-0.4, -0.2) is 17.7 Å². The van der Waals surface area contributed by atoms with Gasteiger partial charge in [-0.25, -0.2) is 0 Å². The molecule has 0 heterocycles. The standard InChI is InChI=1S/C9H17N3O/c1-3-4-7(10)6(2)5-8(13)9(11)12/h3,6-7H,1,4-5,10H2,2H3,(H3,11,12)/t6?,7-/m1/s1. The molecule has 0 aliphatic rings. The average Bonchev–Trinajstić information content (AvgIpc) is 2.04. The van der Waals surface area contributed by atoms with Gasteiger partial charge < -0.3 is 11.5 Å². The molecule has 0 rings (SSSR count). The summed E-state index contributed by atoms with van der Waals surface area (Å²) >= 11 is 0. The van der Waals surface area contributed by atoms with Gasteiger partial charge in [0.25, 0.3) is 0 Å². The van der Waals surface area contributed by atoms with Gasteiger partial charge in [-0.3, -0.25) is 10.2 Å². The Bertz CT molecular complexity index is 213. The zero-order chi connectivity index (χ0) is 10.4. The minimum atomic E-state index is -0.391. The van der Waals surface area contributed by atoms with Crippen molar-refractivity contribution >= 4 is 11.6 Å². The highest BCUT2D eigenvalue weighted by Crippen LogP contribution is 2.09. The minimum Gasteiger partial charge on any atom is -0.381 e. The Kier molecular flexibility index (Phi) is 4.99. The molecule has 4 heteroatoms. The van der Waals surface area contributed by atoms with Gasteiger partial charge in [-0.15, -0.1) is 6.58 Å². The molecule has 0 aromatic rings. The topological polar surface area (TPSA) is 93.0 Å². The summed E-state index contributed by atoms with van der Waals surface area (Å²) in [5, 5.41) is 6.90. The summed E-state index contributed by atoms with van der Waals surface area (Å²) in [6, 6.07) is -0.0826. The van der Waals surface area contributed by atoms with Crippen molar-refractivity contribution in [2.24, 2.45) is 17.4 Å². The van der Waals surface area contributed by atoms with Crippen LogP contribution in [0.3, 0.4) is 0 Å². The number of nitrogens with one attached hydrogen (secondary N) is 1.